The number of aliphatic carboxylic acids is 1. The highest BCUT2D eigenvalue weighted by Crippen LogP contribution is 2.31. The summed E-state index contributed by atoms with van der Waals surface area (Å²) in [5.41, 5.74) is 3.43. The summed E-state index contributed by atoms with van der Waals surface area (Å²) in [4.78, 5) is 54.8. The first-order chi connectivity index (χ1) is 23.1. The second-order valence-corrected chi connectivity index (χ2v) is 11.4. The van der Waals surface area contributed by atoms with E-state index in [-0.39, 0.29) is 31.3 Å². The van der Waals surface area contributed by atoms with E-state index >= 15 is 0 Å². The summed E-state index contributed by atoms with van der Waals surface area (Å²) in [6, 6.07) is 18.1. The van der Waals surface area contributed by atoms with Gasteiger partial charge in [0.25, 0.3) is 0 Å². The topological polar surface area (TPSA) is 159 Å². The molecule has 4 N–H and O–H groups in total. The molecule has 0 saturated carbocycles. The number of hydrogen-bond acceptors (Lipinski definition) is 8. The third kappa shape index (κ3) is 10.7. The van der Waals surface area contributed by atoms with Gasteiger partial charge in [0, 0.05) is 37.6 Å². The van der Waals surface area contributed by atoms with E-state index in [9.17, 15) is 24.3 Å². The molecule has 1 atom stereocenters. The zero-order chi connectivity index (χ0) is 34.5. The average Bonchev–Trinajstić information content (AvgIpc) is 3.08. The monoisotopic (exact) mass is 661 g/mol. The molecule has 4 amide bonds. The van der Waals surface area contributed by atoms with Crippen molar-refractivity contribution in [2.45, 2.75) is 25.8 Å². The van der Waals surface area contributed by atoms with Gasteiger partial charge in [-0.15, -0.1) is 0 Å². The van der Waals surface area contributed by atoms with E-state index in [2.05, 4.69) is 20.9 Å². The average molecular weight is 662 g/mol. The van der Waals surface area contributed by atoms with Gasteiger partial charge < -0.3 is 40.2 Å². The molecule has 1 heterocycles. The molecule has 1 aliphatic rings. The molecule has 1 unspecified atom stereocenters. The normalized spacial score (nSPS) is 13.6. The molecule has 0 bridgehead atoms. The van der Waals surface area contributed by atoms with Gasteiger partial charge in [0.2, 0.25) is 11.8 Å². The summed E-state index contributed by atoms with van der Waals surface area (Å²) >= 11 is 0. The van der Waals surface area contributed by atoms with E-state index in [0.29, 0.717) is 60.3 Å². The minimum atomic E-state index is -1.10. The molecule has 13 heteroatoms. The SMILES string of the molecule is COc1ccc(C(CC(=O)O)NC(=O)CN(CCN2CCOCC2)C(=O)Cc2ccc(NC(=O)Nc3ccccc3C)cc2)cc1OC. The van der Waals surface area contributed by atoms with E-state index in [1.807, 2.05) is 31.2 Å². The number of anilines is 2. The van der Waals surface area contributed by atoms with Gasteiger partial charge in [0.15, 0.2) is 11.5 Å². The number of morpholine rings is 1. The number of para-hydroxylation sites is 1. The molecule has 3 aromatic carbocycles. The minimum absolute atomic E-state index is 0.0281. The number of hydrogen-bond donors (Lipinski definition) is 4. The molecule has 0 aromatic heterocycles. The van der Waals surface area contributed by atoms with Gasteiger partial charge in [-0.3, -0.25) is 19.3 Å². The number of carboxylic acids is 1. The number of urea groups is 1. The predicted molar refractivity (Wildman–Crippen MR) is 180 cm³/mol. The number of nitrogens with zero attached hydrogens (tertiary/aromatic N) is 2. The lowest BCUT2D eigenvalue weighted by molar-refractivity contribution is -0.139. The second kappa shape index (κ2) is 17.7. The lowest BCUT2D eigenvalue weighted by atomic mass is 10.0. The van der Waals surface area contributed by atoms with Crippen LogP contribution in [0.3, 0.4) is 0 Å². The quantitative estimate of drug-likeness (QED) is 0.191. The second-order valence-electron chi connectivity index (χ2n) is 11.4. The zero-order valence-electron chi connectivity index (χ0n) is 27.5. The van der Waals surface area contributed by atoms with Crippen molar-refractivity contribution in [3.8, 4) is 11.5 Å². The Bertz CT molecular complexity index is 1560. The first-order valence-electron chi connectivity index (χ1n) is 15.7. The maximum absolute atomic E-state index is 13.6. The Labute approximate surface area is 280 Å². The van der Waals surface area contributed by atoms with Crippen LogP contribution in [0.5, 0.6) is 11.5 Å². The van der Waals surface area contributed by atoms with Crippen LogP contribution in [0.2, 0.25) is 0 Å². The van der Waals surface area contributed by atoms with Gasteiger partial charge in [-0.05, 0) is 53.9 Å². The van der Waals surface area contributed by atoms with E-state index in [1.54, 1.807) is 42.5 Å². The Morgan fingerprint density at radius 2 is 1.65 bits per heavy atom. The highest BCUT2D eigenvalue weighted by molar-refractivity contribution is 6.00. The van der Waals surface area contributed by atoms with E-state index in [0.717, 1.165) is 18.7 Å². The van der Waals surface area contributed by atoms with Crippen molar-refractivity contribution in [1.82, 2.24) is 15.1 Å². The first kappa shape index (κ1) is 35.7. The van der Waals surface area contributed by atoms with Gasteiger partial charge in [-0.25, -0.2) is 4.79 Å². The van der Waals surface area contributed by atoms with E-state index in [1.165, 1.54) is 19.1 Å². The van der Waals surface area contributed by atoms with Crippen LogP contribution in [0.4, 0.5) is 16.2 Å². The number of aryl methyl sites for hydroxylation is 1. The van der Waals surface area contributed by atoms with Crippen molar-refractivity contribution in [2.24, 2.45) is 0 Å². The summed E-state index contributed by atoms with van der Waals surface area (Å²) in [7, 11) is 2.96. The fourth-order valence-electron chi connectivity index (χ4n) is 5.28. The molecule has 1 aliphatic heterocycles. The molecular weight excluding hydrogens is 618 g/mol. The summed E-state index contributed by atoms with van der Waals surface area (Å²) in [6.45, 7) is 5.13. The van der Waals surface area contributed by atoms with Crippen LogP contribution >= 0.6 is 0 Å². The standard InChI is InChI=1S/C35H43N5O8/c1-24-6-4-5-7-28(24)38-35(45)36-27-11-8-25(9-12-27)20-33(42)40(15-14-39-16-18-48-19-17-39)23-32(41)37-29(22-34(43)44)26-10-13-30(46-2)31(21-26)47-3/h4-13,21,29H,14-20,22-23H2,1-3H3,(H,37,41)(H,43,44)(H2,36,38,45). The highest BCUT2D eigenvalue weighted by atomic mass is 16.5. The summed E-state index contributed by atoms with van der Waals surface area (Å²) in [6.07, 6.45) is -0.341. The van der Waals surface area contributed by atoms with Crippen LogP contribution in [-0.4, -0.2) is 98.9 Å². The lowest BCUT2D eigenvalue weighted by Crippen LogP contribution is -2.47. The molecule has 4 rings (SSSR count). The van der Waals surface area contributed by atoms with Crippen molar-refractivity contribution in [3.63, 3.8) is 0 Å². The molecule has 13 nitrogen and oxygen atoms in total. The third-order valence-corrected chi connectivity index (χ3v) is 7.96. The van der Waals surface area contributed by atoms with Gasteiger partial charge in [0.05, 0.1) is 52.9 Å². The minimum Gasteiger partial charge on any atom is -0.493 e. The summed E-state index contributed by atoms with van der Waals surface area (Å²) in [5, 5.41) is 18.0. The van der Waals surface area contributed by atoms with Crippen molar-refractivity contribution < 1.29 is 38.5 Å². The van der Waals surface area contributed by atoms with Crippen molar-refractivity contribution in [3.05, 3.63) is 83.4 Å². The van der Waals surface area contributed by atoms with Gasteiger partial charge >= 0.3 is 12.0 Å². The zero-order valence-corrected chi connectivity index (χ0v) is 27.5. The Kier molecular flexibility index (Phi) is 13.2. The number of carbonyl (C=O) groups is 4. The number of nitrogens with one attached hydrogen (secondary N) is 3. The molecule has 256 valence electrons. The van der Waals surface area contributed by atoms with Crippen LogP contribution in [0, 0.1) is 6.92 Å². The number of carbonyl (C=O) groups excluding carboxylic acids is 3. The van der Waals surface area contributed by atoms with Gasteiger partial charge in [-0.1, -0.05) is 36.4 Å². The lowest BCUT2D eigenvalue weighted by Gasteiger charge is -2.30. The molecular formula is C35H43N5O8. The Balaban J connectivity index is 1.42. The van der Waals surface area contributed by atoms with E-state index in [4.69, 9.17) is 14.2 Å². The number of rotatable bonds is 15. The Hall–Kier alpha value is -5.14. The fraction of sp³-hybridized carbons (Fsp3) is 0.371. The molecule has 0 radical (unpaired) electrons. The molecule has 0 aliphatic carbocycles. The summed E-state index contributed by atoms with van der Waals surface area (Å²) < 4.78 is 16.1. The first-order valence-corrected chi connectivity index (χ1v) is 15.7. The highest BCUT2D eigenvalue weighted by Gasteiger charge is 2.24. The molecule has 1 saturated heterocycles. The maximum atomic E-state index is 13.6. The molecule has 3 aromatic rings. The predicted octanol–water partition coefficient (Wildman–Crippen LogP) is 3.69. The van der Waals surface area contributed by atoms with Crippen LogP contribution in [-0.2, 0) is 25.5 Å². The Morgan fingerprint density at radius 1 is 0.938 bits per heavy atom. The van der Waals surface area contributed by atoms with Crippen molar-refractivity contribution in [1.29, 1.82) is 0 Å². The maximum Gasteiger partial charge on any atom is 0.323 e. The third-order valence-electron chi connectivity index (χ3n) is 7.96. The van der Waals surface area contributed by atoms with Gasteiger partial charge in [-0.2, -0.15) is 0 Å². The molecule has 48 heavy (non-hydrogen) atoms. The number of benzene rings is 3. The smallest absolute Gasteiger partial charge is 0.323 e. The van der Waals surface area contributed by atoms with Crippen molar-refractivity contribution >= 4 is 35.2 Å². The van der Waals surface area contributed by atoms with Crippen LogP contribution < -0.4 is 25.4 Å². The number of methoxy groups -OCH3 is 2. The number of amides is 4. The fourth-order valence-corrected chi connectivity index (χ4v) is 5.28. The van der Waals surface area contributed by atoms with Crippen molar-refractivity contribution in [2.75, 3.05) is 70.8 Å². The number of carboxylic acid groups (broad SMARTS) is 1. The largest absolute Gasteiger partial charge is 0.493 e. The number of ether oxygens (including phenoxy) is 3. The van der Waals surface area contributed by atoms with Gasteiger partial charge in [0.1, 0.15) is 0 Å². The van der Waals surface area contributed by atoms with Crippen LogP contribution in [0.15, 0.2) is 66.7 Å². The molecule has 0 spiro atoms. The Morgan fingerprint density at radius 3 is 2.31 bits per heavy atom. The summed E-state index contributed by atoms with van der Waals surface area (Å²) in [5.74, 6) is -0.991. The van der Waals surface area contributed by atoms with Crippen LogP contribution in [0.1, 0.15) is 29.2 Å². The molecule has 1 fully saturated rings. The van der Waals surface area contributed by atoms with E-state index < -0.39 is 17.9 Å². The van der Waals surface area contributed by atoms with Crippen LogP contribution in [0.25, 0.3) is 0 Å².